The molecule has 5 heteroatoms. The van der Waals surface area contributed by atoms with Crippen LogP contribution in [0.4, 0.5) is 10.5 Å². The van der Waals surface area contributed by atoms with Crippen LogP contribution in [0.15, 0.2) is 30.5 Å². The summed E-state index contributed by atoms with van der Waals surface area (Å²) in [5.74, 6) is 0. The Balaban J connectivity index is 1.70. The van der Waals surface area contributed by atoms with Gasteiger partial charge in [0.25, 0.3) is 0 Å². The summed E-state index contributed by atoms with van der Waals surface area (Å²) in [7, 11) is 0. The maximum absolute atomic E-state index is 12.3. The third-order valence-corrected chi connectivity index (χ3v) is 5.12. The van der Waals surface area contributed by atoms with Crippen LogP contribution in [0.2, 0.25) is 0 Å². The predicted octanol–water partition coefficient (Wildman–Crippen LogP) is 3.33. The van der Waals surface area contributed by atoms with Crippen LogP contribution in [0, 0.1) is 5.41 Å². The number of hydrogen-bond acceptors (Lipinski definition) is 2. The summed E-state index contributed by atoms with van der Waals surface area (Å²) in [4.78, 5) is 12.3. The minimum atomic E-state index is -0.210. The Morgan fingerprint density at radius 2 is 2.26 bits per heavy atom. The Bertz CT molecular complexity index is 709. The quantitative estimate of drug-likeness (QED) is 0.810. The average molecular weight is 315 g/mol. The van der Waals surface area contributed by atoms with Crippen LogP contribution in [0.25, 0.3) is 10.9 Å². The Kier molecular flexibility index (Phi) is 4.31. The van der Waals surface area contributed by atoms with Crippen LogP contribution < -0.4 is 10.6 Å². The highest BCUT2D eigenvalue weighted by molar-refractivity contribution is 5.93. The van der Waals surface area contributed by atoms with E-state index in [9.17, 15) is 9.90 Å². The molecule has 2 aromatic rings. The Morgan fingerprint density at radius 1 is 1.43 bits per heavy atom. The fourth-order valence-corrected chi connectivity index (χ4v) is 3.53. The Hall–Kier alpha value is -2.01. The van der Waals surface area contributed by atoms with Gasteiger partial charge < -0.3 is 20.3 Å². The SMILES string of the molecule is CCn1ccc2ccc(NC(=O)NC3CCCC3(C)CO)cc21. The van der Waals surface area contributed by atoms with E-state index in [1.807, 2.05) is 25.1 Å². The second-order valence-electron chi connectivity index (χ2n) is 6.73. The number of anilines is 1. The number of aliphatic hydroxyl groups is 1. The number of urea groups is 1. The molecule has 1 aliphatic carbocycles. The molecule has 0 aliphatic heterocycles. The number of aryl methyl sites for hydroxylation is 1. The molecule has 3 N–H and O–H groups in total. The fourth-order valence-electron chi connectivity index (χ4n) is 3.53. The standard InChI is InChI=1S/C18H25N3O2/c1-3-21-10-8-13-6-7-14(11-15(13)21)19-17(23)20-16-5-4-9-18(16,2)12-22/h6-8,10-11,16,22H,3-5,9,12H2,1-2H3,(H2,19,20,23). The molecule has 0 bridgehead atoms. The molecule has 1 aliphatic rings. The number of nitrogens with one attached hydrogen (secondary N) is 2. The zero-order chi connectivity index (χ0) is 16.4. The van der Waals surface area contributed by atoms with Crippen molar-refractivity contribution in [3.05, 3.63) is 30.5 Å². The maximum atomic E-state index is 12.3. The summed E-state index contributed by atoms with van der Waals surface area (Å²) in [6.45, 7) is 5.14. The lowest BCUT2D eigenvalue weighted by Crippen LogP contribution is -2.46. The van der Waals surface area contributed by atoms with Crippen LogP contribution in [0.1, 0.15) is 33.1 Å². The molecular weight excluding hydrogens is 290 g/mol. The molecule has 5 nitrogen and oxygen atoms in total. The van der Waals surface area contributed by atoms with Gasteiger partial charge in [-0.1, -0.05) is 19.4 Å². The van der Waals surface area contributed by atoms with E-state index in [4.69, 9.17) is 0 Å². The molecule has 2 unspecified atom stereocenters. The summed E-state index contributed by atoms with van der Waals surface area (Å²) < 4.78 is 2.15. The number of rotatable bonds is 4. The lowest BCUT2D eigenvalue weighted by Gasteiger charge is -2.30. The van der Waals surface area contributed by atoms with E-state index in [1.54, 1.807) is 0 Å². The first-order chi connectivity index (χ1) is 11.1. The number of aromatic nitrogens is 1. The number of hydrogen-bond donors (Lipinski definition) is 3. The van der Waals surface area contributed by atoms with Crippen molar-refractivity contribution in [2.45, 2.75) is 45.7 Å². The van der Waals surface area contributed by atoms with Crippen LogP contribution in [-0.4, -0.2) is 28.4 Å². The minimum Gasteiger partial charge on any atom is -0.396 e. The van der Waals surface area contributed by atoms with Crippen molar-refractivity contribution >= 4 is 22.6 Å². The van der Waals surface area contributed by atoms with Gasteiger partial charge in [0, 0.05) is 29.9 Å². The summed E-state index contributed by atoms with van der Waals surface area (Å²) in [6.07, 6.45) is 4.96. The molecule has 1 fully saturated rings. The van der Waals surface area contributed by atoms with Crippen molar-refractivity contribution in [3.63, 3.8) is 0 Å². The molecule has 1 aromatic heterocycles. The summed E-state index contributed by atoms with van der Waals surface area (Å²) >= 11 is 0. The normalized spacial score (nSPS) is 24.0. The van der Waals surface area contributed by atoms with Crippen molar-refractivity contribution in [1.82, 2.24) is 9.88 Å². The Labute approximate surface area is 136 Å². The van der Waals surface area contributed by atoms with Gasteiger partial charge in [0.05, 0.1) is 12.1 Å². The third kappa shape index (κ3) is 3.06. The molecule has 1 heterocycles. The molecule has 1 aromatic carbocycles. The highest BCUT2D eigenvalue weighted by Crippen LogP contribution is 2.37. The molecular formula is C18H25N3O2. The fraction of sp³-hybridized carbons (Fsp3) is 0.500. The second kappa shape index (κ2) is 6.24. The van der Waals surface area contributed by atoms with E-state index in [0.29, 0.717) is 0 Å². The number of benzene rings is 1. The number of carbonyl (C=O) groups is 1. The van der Waals surface area contributed by atoms with E-state index >= 15 is 0 Å². The van der Waals surface area contributed by atoms with Crippen molar-refractivity contribution in [3.8, 4) is 0 Å². The van der Waals surface area contributed by atoms with Crippen LogP contribution in [-0.2, 0) is 6.54 Å². The zero-order valence-corrected chi connectivity index (χ0v) is 13.8. The third-order valence-electron chi connectivity index (χ3n) is 5.12. The van der Waals surface area contributed by atoms with E-state index in [-0.39, 0.29) is 24.1 Å². The van der Waals surface area contributed by atoms with E-state index < -0.39 is 0 Å². The number of nitrogens with zero attached hydrogens (tertiary/aromatic N) is 1. The van der Waals surface area contributed by atoms with E-state index in [2.05, 4.69) is 34.4 Å². The highest BCUT2D eigenvalue weighted by atomic mass is 16.3. The molecule has 0 radical (unpaired) electrons. The number of aliphatic hydroxyl groups excluding tert-OH is 1. The van der Waals surface area contributed by atoms with Gasteiger partial charge >= 0.3 is 6.03 Å². The maximum Gasteiger partial charge on any atom is 0.319 e. The molecule has 23 heavy (non-hydrogen) atoms. The van der Waals surface area contributed by atoms with Crippen molar-refractivity contribution < 1.29 is 9.90 Å². The van der Waals surface area contributed by atoms with Gasteiger partial charge in [-0.15, -0.1) is 0 Å². The molecule has 2 amide bonds. The largest absolute Gasteiger partial charge is 0.396 e. The van der Waals surface area contributed by atoms with Crippen LogP contribution >= 0.6 is 0 Å². The monoisotopic (exact) mass is 315 g/mol. The van der Waals surface area contributed by atoms with Gasteiger partial charge in [-0.05, 0) is 43.4 Å². The van der Waals surface area contributed by atoms with Crippen LogP contribution in [0.3, 0.4) is 0 Å². The molecule has 2 atom stereocenters. The Morgan fingerprint density at radius 3 is 3.00 bits per heavy atom. The smallest absolute Gasteiger partial charge is 0.319 e. The van der Waals surface area contributed by atoms with E-state index in [1.165, 1.54) is 5.39 Å². The van der Waals surface area contributed by atoms with Gasteiger partial charge in [-0.25, -0.2) is 4.79 Å². The first-order valence-corrected chi connectivity index (χ1v) is 8.33. The van der Waals surface area contributed by atoms with Crippen molar-refractivity contribution in [2.75, 3.05) is 11.9 Å². The lowest BCUT2D eigenvalue weighted by molar-refractivity contribution is 0.122. The van der Waals surface area contributed by atoms with Crippen molar-refractivity contribution in [2.24, 2.45) is 5.41 Å². The minimum absolute atomic E-state index is 0.0238. The molecule has 1 saturated carbocycles. The van der Waals surface area contributed by atoms with Gasteiger partial charge in [0.1, 0.15) is 0 Å². The first-order valence-electron chi connectivity index (χ1n) is 8.33. The number of carbonyl (C=O) groups excluding carboxylic acids is 1. The zero-order valence-electron chi connectivity index (χ0n) is 13.8. The molecule has 3 rings (SSSR count). The lowest BCUT2D eigenvalue weighted by atomic mass is 9.86. The van der Waals surface area contributed by atoms with Crippen LogP contribution in [0.5, 0.6) is 0 Å². The number of fused-ring (bicyclic) bond motifs is 1. The second-order valence-corrected chi connectivity index (χ2v) is 6.73. The van der Waals surface area contributed by atoms with Gasteiger partial charge in [0.15, 0.2) is 0 Å². The van der Waals surface area contributed by atoms with E-state index in [0.717, 1.165) is 37.0 Å². The van der Waals surface area contributed by atoms with Gasteiger partial charge in [-0.2, -0.15) is 0 Å². The average Bonchev–Trinajstić information content (AvgIpc) is 3.11. The summed E-state index contributed by atoms with van der Waals surface area (Å²) in [6, 6.07) is 7.83. The highest BCUT2D eigenvalue weighted by Gasteiger charge is 2.39. The summed E-state index contributed by atoms with van der Waals surface area (Å²) in [5.41, 5.74) is 1.69. The van der Waals surface area contributed by atoms with Gasteiger partial charge in [0.2, 0.25) is 0 Å². The molecule has 124 valence electrons. The number of amides is 2. The summed E-state index contributed by atoms with van der Waals surface area (Å²) in [5, 5.41) is 16.7. The topological polar surface area (TPSA) is 66.3 Å². The van der Waals surface area contributed by atoms with Crippen molar-refractivity contribution in [1.29, 1.82) is 0 Å². The van der Waals surface area contributed by atoms with Gasteiger partial charge in [-0.3, -0.25) is 0 Å². The predicted molar refractivity (Wildman–Crippen MR) is 92.6 cm³/mol. The molecule has 0 spiro atoms. The molecule has 0 saturated heterocycles. The first kappa shape index (κ1) is 15.9.